The normalized spacial score (nSPS) is 15.2. The van der Waals surface area contributed by atoms with Crippen LogP contribution in [0.4, 0.5) is 0 Å². The van der Waals surface area contributed by atoms with Gasteiger partial charge in [0.15, 0.2) is 0 Å². The maximum atomic E-state index is 12.2. The molecule has 0 unspecified atom stereocenters. The molecule has 0 aromatic carbocycles. The minimum Gasteiger partial charge on any atom is -0.339 e. The first-order chi connectivity index (χ1) is 10.2. The van der Waals surface area contributed by atoms with Crippen LogP contribution in [0.1, 0.15) is 14.5 Å². The lowest BCUT2D eigenvalue weighted by Gasteiger charge is -2.34. The van der Waals surface area contributed by atoms with E-state index in [4.69, 9.17) is 0 Å². The molecule has 4 nitrogen and oxygen atoms in total. The summed E-state index contributed by atoms with van der Waals surface area (Å²) >= 11 is 3.07. The van der Waals surface area contributed by atoms with Gasteiger partial charge in [-0.2, -0.15) is 0 Å². The van der Waals surface area contributed by atoms with E-state index in [1.54, 1.807) is 11.3 Å². The van der Waals surface area contributed by atoms with Gasteiger partial charge in [0.1, 0.15) is 0 Å². The molecular formula is C15H16N2O2S2. The Morgan fingerprint density at radius 2 is 1.62 bits per heavy atom. The van der Waals surface area contributed by atoms with Crippen molar-refractivity contribution in [2.45, 2.75) is 6.42 Å². The van der Waals surface area contributed by atoms with Crippen molar-refractivity contribution in [2.24, 2.45) is 0 Å². The number of rotatable bonds is 3. The molecule has 0 radical (unpaired) electrons. The van der Waals surface area contributed by atoms with E-state index in [2.05, 4.69) is 0 Å². The topological polar surface area (TPSA) is 40.6 Å². The van der Waals surface area contributed by atoms with E-state index in [0.717, 1.165) is 9.75 Å². The molecule has 2 aromatic heterocycles. The van der Waals surface area contributed by atoms with Crippen LogP contribution in [-0.2, 0) is 11.2 Å². The fourth-order valence-corrected chi connectivity index (χ4v) is 3.78. The largest absolute Gasteiger partial charge is 0.339 e. The van der Waals surface area contributed by atoms with Crippen molar-refractivity contribution in [3.8, 4) is 0 Å². The third kappa shape index (κ3) is 3.33. The van der Waals surface area contributed by atoms with Gasteiger partial charge >= 0.3 is 0 Å². The Labute approximate surface area is 131 Å². The maximum Gasteiger partial charge on any atom is 0.264 e. The van der Waals surface area contributed by atoms with Crippen molar-refractivity contribution < 1.29 is 9.59 Å². The van der Waals surface area contributed by atoms with Crippen LogP contribution >= 0.6 is 22.7 Å². The molecule has 2 amide bonds. The van der Waals surface area contributed by atoms with Crippen LogP contribution in [0.3, 0.4) is 0 Å². The highest BCUT2D eigenvalue weighted by Crippen LogP contribution is 2.15. The number of nitrogens with zero attached hydrogens (tertiary/aromatic N) is 2. The number of hydrogen-bond acceptors (Lipinski definition) is 4. The standard InChI is InChI=1S/C15H16N2O2S2/c18-14(11-12-3-1-9-20-12)16-5-7-17(8-6-16)15(19)13-4-2-10-21-13/h1-4,9-10H,5-8,11H2. The number of carbonyl (C=O) groups is 2. The van der Waals surface area contributed by atoms with E-state index < -0.39 is 0 Å². The molecular weight excluding hydrogens is 304 g/mol. The average Bonchev–Trinajstić information content (AvgIpc) is 3.20. The van der Waals surface area contributed by atoms with Crippen molar-refractivity contribution in [2.75, 3.05) is 26.2 Å². The molecule has 1 fully saturated rings. The van der Waals surface area contributed by atoms with Crippen molar-refractivity contribution in [1.82, 2.24) is 9.80 Å². The number of carbonyl (C=O) groups excluding carboxylic acids is 2. The van der Waals surface area contributed by atoms with Gasteiger partial charge in [-0.3, -0.25) is 9.59 Å². The molecule has 1 saturated heterocycles. The van der Waals surface area contributed by atoms with Gasteiger partial charge < -0.3 is 9.80 Å². The van der Waals surface area contributed by atoms with Crippen molar-refractivity contribution >= 4 is 34.5 Å². The van der Waals surface area contributed by atoms with Crippen molar-refractivity contribution in [1.29, 1.82) is 0 Å². The Kier molecular flexibility index (Phi) is 4.36. The molecule has 3 heterocycles. The third-order valence-corrected chi connectivity index (χ3v) is 5.29. The quantitative estimate of drug-likeness (QED) is 0.871. The summed E-state index contributed by atoms with van der Waals surface area (Å²) in [6.45, 7) is 2.49. The zero-order valence-corrected chi connectivity index (χ0v) is 13.2. The molecule has 0 spiro atoms. The van der Waals surface area contributed by atoms with Crippen LogP contribution in [0.2, 0.25) is 0 Å². The molecule has 1 aliphatic rings. The number of piperazine rings is 1. The Morgan fingerprint density at radius 3 is 2.24 bits per heavy atom. The SMILES string of the molecule is O=C(Cc1cccs1)N1CCN(C(=O)c2cccs2)CC1. The first-order valence-electron chi connectivity index (χ1n) is 6.87. The second-order valence-electron chi connectivity index (χ2n) is 4.91. The van der Waals surface area contributed by atoms with E-state index >= 15 is 0 Å². The highest BCUT2D eigenvalue weighted by molar-refractivity contribution is 7.12. The Morgan fingerprint density at radius 1 is 0.952 bits per heavy atom. The number of thiophene rings is 2. The average molecular weight is 320 g/mol. The van der Waals surface area contributed by atoms with Crippen LogP contribution in [0.15, 0.2) is 35.0 Å². The summed E-state index contributed by atoms with van der Waals surface area (Å²) in [5.74, 6) is 0.232. The first kappa shape index (κ1) is 14.3. The highest BCUT2D eigenvalue weighted by atomic mass is 32.1. The smallest absolute Gasteiger partial charge is 0.264 e. The van der Waals surface area contributed by atoms with Crippen LogP contribution < -0.4 is 0 Å². The van der Waals surface area contributed by atoms with E-state index in [0.29, 0.717) is 32.6 Å². The van der Waals surface area contributed by atoms with Gasteiger partial charge in [-0.15, -0.1) is 22.7 Å². The number of hydrogen-bond donors (Lipinski definition) is 0. The summed E-state index contributed by atoms with van der Waals surface area (Å²) in [7, 11) is 0. The second-order valence-corrected chi connectivity index (χ2v) is 6.89. The molecule has 0 aliphatic carbocycles. The molecule has 1 aliphatic heterocycles. The zero-order valence-electron chi connectivity index (χ0n) is 11.5. The summed E-state index contributed by atoms with van der Waals surface area (Å²) < 4.78 is 0. The summed E-state index contributed by atoms with van der Waals surface area (Å²) in [5.41, 5.74) is 0. The minimum absolute atomic E-state index is 0.0790. The molecule has 110 valence electrons. The van der Waals surface area contributed by atoms with E-state index in [1.165, 1.54) is 11.3 Å². The molecule has 0 bridgehead atoms. The molecule has 2 aromatic rings. The van der Waals surface area contributed by atoms with Crippen LogP contribution in [0.25, 0.3) is 0 Å². The fraction of sp³-hybridized carbons (Fsp3) is 0.333. The minimum atomic E-state index is 0.0790. The van der Waals surface area contributed by atoms with Gasteiger partial charge in [0.05, 0.1) is 11.3 Å². The molecule has 0 N–H and O–H groups in total. The summed E-state index contributed by atoms with van der Waals surface area (Å²) in [4.78, 5) is 30.0. The molecule has 0 saturated carbocycles. The van der Waals surface area contributed by atoms with Crippen LogP contribution in [0.5, 0.6) is 0 Å². The monoisotopic (exact) mass is 320 g/mol. The summed E-state index contributed by atoms with van der Waals surface area (Å²) in [5, 5.41) is 3.90. The molecule has 0 atom stereocenters. The summed E-state index contributed by atoms with van der Waals surface area (Å²) in [6.07, 6.45) is 0.469. The first-order valence-corrected chi connectivity index (χ1v) is 8.63. The van der Waals surface area contributed by atoms with Gasteiger partial charge in [-0.25, -0.2) is 0 Å². The van der Waals surface area contributed by atoms with Crippen LogP contribution in [-0.4, -0.2) is 47.8 Å². The summed E-state index contributed by atoms with van der Waals surface area (Å²) in [6, 6.07) is 7.68. The molecule has 6 heteroatoms. The molecule has 21 heavy (non-hydrogen) atoms. The van der Waals surface area contributed by atoms with Gasteiger partial charge in [-0.1, -0.05) is 12.1 Å². The lowest BCUT2D eigenvalue weighted by molar-refractivity contribution is -0.131. The van der Waals surface area contributed by atoms with E-state index in [-0.39, 0.29) is 11.8 Å². The lowest BCUT2D eigenvalue weighted by Crippen LogP contribution is -2.50. The van der Waals surface area contributed by atoms with Gasteiger partial charge in [0.25, 0.3) is 5.91 Å². The predicted octanol–water partition coefficient (Wildman–Crippen LogP) is 2.34. The third-order valence-electron chi connectivity index (χ3n) is 3.56. The lowest BCUT2D eigenvalue weighted by atomic mass is 10.2. The van der Waals surface area contributed by atoms with Crippen LogP contribution in [0, 0.1) is 0 Å². The number of amides is 2. The predicted molar refractivity (Wildman–Crippen MR) is 84.8 cm³/mol. The van der Waals surface area contributed by atoms with Gasteiger partial charge in [0.2, 0.25) is 5.91 Å². The molecule has 3 rings (SSSR count). The Balaban J connectivity index is 1.53. The van der Waals surface area contributed by atoms with E-state index in [9.17, 15) is 9.59 Å². The Bertz CT molecular complexity index is 600. The fourth-order valence-electron chi connectivity index (χ4n) is 2.39. The van der Waals surface area contributed by atoms with Gasteiger partial charge in [0, 0.05) is 31.1 Å². The van der Waals surface area contributed by atoms with E-state index in [1.807, 2.05) is 44.8 Å². The van der Waals surface area contributed by atoms with Gasteiger partial charge in [-0.05, 0) is 22.9 Å². The zero-order chi connectivity index (χ0) is 14.7. The second kappa shape index (κ2) is 6.41. The maximum absolute atomic E-state index is 12.2. The van der Waals surface area contributed by atoms with Crippen molar-refractivity contribution in [3.63, 3.8) is 0 Å². The highest BCUT2D eigenvalue weighted by Gasteiger charge is 2.25. The van der Waals surface area contributed by atoms with Crippen molar-refractivity contribution in [3.05, 3.63) is 44.8 Å². The Hall–Kier alpha value is -1.66.